The normalized spacial score (nSPS) is 23.9. The molecule has 1 atom stereocenters. The van der Waals surface area contributed by atoms with Crippen LogP contribution in [0.5, 0.6) is 0 Å². The van der Waals surface area contributed by atoms with E-state index in [0.29, 0.717) is 0 Å². The van der Waals surface area contributed by atoms with Gasteiger partial charge in [-0.1, -0.05) is 12.1 Å². The van der Waals surface area contributed by atoms with Crippen LogP contribution in [0, 0.1) is 6.92 Å². The maximum Gasteiger partial charge on any atom is 0.0408 e. The van der Waals surface area contributed by atoms with Gasteiger partial charge in [-0.05, 0) is 42.9 Å². The molecule has 3 rings (SSSR count). The summed E-state index contributed by atoms with van der Waals surface area (Å²) >= 11 is 0. The van der Waals surface area contributed by atoms with E-state index in [1.54, 1.807) is 11.1 Å². The van der Waals surface area contributed by atoms with Crippen molar-refractivity contribution in [2.75, 3.05) is 11.9 Å². The predicted octanol–water partition coefficient (Wildman–Crippen LogP) is 2.84. The first kappa shape index (κ1) is 7.43. The van der Waals surface area contributed by atoms with Crippen LogP contribution in [0.4, 0.5) is 5.69 Å². The lowest BCUT2D eigenvalue weighted by Gasteiger charge is -2.20. The maximum absolute atomic E-state index is 3.55. The third kappa shape index (κ3) is 0.932. The highest BCUT2D eigenvalue weighted by molar-refractivity contribution is 5.66. The highest BCUT2D eigenvalue weighted by Crippen LogP contribution is 2.42. The Bertz CT molecular complexity index is 354. The van der Waals surface area contributed by atoms with Crippen molar-refractivity contribution in [1.29, 1.82) is 0 Å². The van der Waals surface area contributed by atoms with Crippen molar-refractivity contribution >= 4 is 5.69 Å². The molecule has 1 unspecified atom stereocenters. The Morgan fingerprint density at radius 2 is 2.31 bits per heavy atom. The van der Waals surface area contributed by atoms with E-state index in [2.05, 4.69) is 24.4 Å². The Labute approximate surface area is 79.2 Å². The van der Waals surface area contributed by atoms with Gasteiger partial charge in [-0.3, -0.25) is 0 Å². The van der Waals surface area contributed by atoms with Crippen molar-refractivity contribution in [3.63, 3.8) is 0 Å². The molecule has 0 saturated heterocycles. The molecule has 13 heavy (non-hydrogen) atoms. The summed E-state index contributed by atoms with van der Waals surface area (Å²) in [7, 11) is 0. The Balaban J connectivity index is 2.25. The molecule has 0 bridgehead atoms. The van der Waals surface area contributed by atoms with Crippen molar-refractivity contribution in [2.24, 2.45) is 0 Å². The van der Waals surface area contributed by atoms with Gasteiger partial charge in [0.2, 0.25) is 0 Å². The lowest BCUT2D eigenvalue weighted by atomic mass is 9.83. The average molecular weight is 173 g/mol. The summed E-state index contributed by atoms with van der Waals surface area (Å²) in [4.78, 5) is 0. The van der Waals surface area contributed by atoms with Crippen LogP contribution in [0.2, 0.25) is 0 Å². The van der Waals surface area contributed by atoms with E-state index in [9.17, 15) is 0 Å². The molecular formula is C12H15N. The number of anilines is 1. The third-order valence-electron chi connectivity index (χ3n) is 3.48. The second-order valence-electron chi connectivity index (χ2n) is 4.30. The number of rotatable bonds is 0. The minimum atomic E-state index is 0.818. The molecule has 1 aliphatic carbocycles. The molecule has 1 aromatic rings. The molecule has 2 aliphatic rings. The van der Waals surface area contributed by atoms with E-state index in [1.165, 1.54) is 37.1 Å². The van der Waals surface area contributed by atoms with Gasteiger partial charge < -0.3 is 5.32 Å². The Hall–Kier alpha value is -0.980. The van der Waals surface area contributed by atoms with Crippen LogP contribution in [-0.2, 0) is 6.42 Å². The van der Waals surface area contributed by atoms with Crippen molar-refractivity contribution in [3.8, 4) is 0 Å². The number of hydrogen-bond donors (Lipinski definition) is 1. The lowest BCUT2D eigenvalue weighted by molar-refractivity contribution is 0.592. The zero-order chi connectivity index (χ0) is 8.84. The molecule has 1 aliphatic heterocycles. The molecular weight excluding hydrogens is 158 g/mol. The molecule has 0 saturated carbocycles. The summed E-state index contributed by atoms with van der Waals surface area (Å²) in [6, 6.07) is 4.59. The Morgan fingerprint density at radius 3 is 3.23 bits per heavy atom. The van der Waals surface area contributed by atoms with E-state index in [1.807, 2.05) is 0 Å². The maximum atomic E-state index is 3.55. The predicted molar refractivity (Wildman–Crippen MR) is 55.3 cm³/mol. The second-order valence-corrected chi connectivity index (χ2v) is 4.30. The second kappa shape index (κ2) is 2.50. The van der Waals surface area contributed by atoms with Crippen molar-refractivity contribution in [1.82, 2.24) is 0 Å². The van der Waals surface area contributed by atoms with Gasteiger partial charge in [0.05, 0.1) is 0 Å². The SMILES string of the molecule is Cc1ccc2c3c1NCC3CCC2. The number of nitrogens with one attached hydrogen (secondary N) is 1. The largest absolute Gasteiger partial charge is 0.384 e. The minimum Gasteiger partial charge on any atom is -0.384 e. The highest BCUT2D eigenvalue weighted by Gasteiger charge is 2.28. The third-order valence-corrected chi connectivity index (χ3v) is 3.48. The molecule has 1 heterocycles. The van der Waals surface area contributed by atoms with Crippen LogP contribution in [0.3, 0.4) is 0 Å². The van der Waals surface area contributed by atoms with E-state index < -0.39 is 0 Å². The van der Waals surface area contributed by atoms with Gasteiger partial charge in [-0.2, -0.15) is 0 Å². The van der Waals surface area contributed by atoms with Gasteiger partial charge in [-0.25, -0.2) is 0 Å². The number of hydrogen-bond acceptors (Lipinski definition) is 1. The van der Waals surface area contributed by atoms with E-state index in [0.717, 1.165) is 5.92 Å². The summed E-state index contributed by atoms with van der Waals surface area (Å²) in [6.45, 7) is 3.38. The summed E-state index contributed by atoms with van der Waals surface area (Å²) in [5, 5.41) is 3.55. The van der Waals surface area contributed by atoms with Crippen LogP contribution in [0.1, 0.15) is 35.4 Å². The van der Waals surface area contributed by atoms with Gasteiger partial charge in [0.15, 0.2) is 0 Å². The van der Waals surface area contributed by atoms with Gasteiger partial charge in [-0.15, -0.1) is 0 Å². The van der Waals surface area contributed by atoms with E-state index >= 15 is 0 Å². The molecule has 0 spiro atoms. The first-order chi connectivity index (χ1) is 6.36. The van der Waals surface area contributed by atoms with Crippen LogP contribution in [-0.4, -0.2) is 6.54 Å². The summed E-state index contributed by atoms with van der Waals surface area (Å²) < 4.78 is 0. The number of aryl methyl sites for hydroxylation is 2. The first-order valence-electron chi connectivity index (χ1n) is 5.22. The summed E-state index contributed by atoms with van der Waals surface area (Å²) in [6.07, 6.45) is 4.05. The smallest absolute Gasteiger partial charge is 0.0408 e. The zero-order valence-electron chi connectivity index (χ0n) is 8.06. The zero-order valence-corrected chi connectivity index (χ0v) is 8.06. The molecule has 1 nitrogen and oxygen atoms in total. The minimum absolute atomic E-state index is 0.818. The average Bonchev–Trinajstić information content (AvgIpc) is 2.57. The summed E-state index contributed by atoms with van der Waals surface area (Å²) in [5.41, 5.74) is 6.11. The molecule has 0 radical (unpaired) electrons. The molecule has 0 fully saturated rings. The van der Waals surface area contributed by atoms with Crippen molar-refractivity contribution in [2.45, 2.75) is 32.1 Å². The van der Waals surface area contributed by atoms with E-state index in [-0.39, 0.29) is 0 Å². The van der Waals surface area contributed by atoms with Crippen LogP contribution < -0.4 is 5.32 Å². The monoisotopic (exact) mass is 173 g/mol. The molecule has 0 aromatic heterocycles. The van der Waals surface area contributed by atoms with Gasteiger partial charge in [0, 0.05) is 18.2 Å². The molecule has 1 aromatic carbocycles. The van der Waals surface area contributed by atoms with Crippen LogP contribution in [0.25, 0.3) is 0 Å². The molecule has 1 N–H and O–H groups in total. The molecule has 68 valence electrons. The first-order valence-corrected chi connectivity index (χ1v) is 5.22. The van der Waals surface area contributed by atoms with E-state index in [4.69, 9.17) is 0 Å². The fourth-order valence-corrected chi connectivity index (χ4v) is 2.80. The topological polar surface area (TPSA) is 12.0 Å². The van der Waals surface area contributed by atoms with Gasteiger partial charge in [0.1, 0.15) is 0 Å². The van der Waals surface area contributed by atoms with Gasteiger partial charge >= 0.3 is 0 Å². The summed E-state index contributed by atoms with van der Waals surface area (Å²) in [5.74, 6) is 0.818. The number of benzene rings is 1. The Morgan fingerprint density at radius 1 is 1.38 bits per heavy atom. The molecule has 1 heteroatoms. The fourth-order valence-electron chi connectivity index (χ4n) is 2.80. The van der Waals surface area contributed by atoms with Crippen molar-refractivity contribution in [3.05, 3.63) is 28.8 Å². The quantitative estimate of drug-likeness (QED) is 0.636. The Kier molecular flexibility index (Phi) is 1.43. The standard InChI is InChI=1S/C12H15N/c1-8-5-6-9-3-2-4-10-7-13-12(8)11(9)10/h5-6,10,13H,2-4,7H2,1H3. The van der Waals surface area contributed by atoms with Crippen LogP contribution in [0.15, 0.2) is 12.1 Å². The lowest BCUT2D eigenvalue weighted by Crippen LogP contribution is -2.08. The van der Waals surface area contributed by atoms with Crippen molar-refractivity contribution < 1.29 is 0 Å². The fraction of sp³-hybridized carbons (Fsp3) is 0.500. The molecule has 0 amide bonds. The highest BCUT2D eigenvalue weighted by atomic mass is 14.9. The van der Waals surface area contributed by atoms with Gasteiger partial charge in [0.25, 0.3) is 0 Å². The van der Waals surface area contributed by atoms with Crippen LogP contribution >= 0.6 is 0 Å².